The molecule has 4 rings (SSSR count). The van der Waals surface area contributed by atoms with Gasteiger partial charge in [0.1, 0.15) is 16.3 Å². The number of likely N-dealkylation sites (tertiary alicyclic amines) is 1. The molecule has 2 atom stereocenters. The van der Waals surface area contributed by atoms with E-state index in [1.54, 1.807) is 12.2 Å². The fourth-order valence-corrected chi connectivity index (χ4v) is 5.71. The van der Waals surface area contributed by atoms with Gasteiger partial charge in [-0.15, -0.1) is 11.8 Å². The molecule has 0 saturated carbocycles. The summed E-state index contributed by atoms with van der Waals surface area (Å²) in [7, 11) is 0. The molecule has 2 heterocycles. The third-order valence-corrected chi connectivity index (χ3v) is 7.33. The highest BCUT2D eigenvalue weighted by molar-refractivity contribution is 8.04. The number of nitrogens with zero attached hydrogens (tertiary/aromatic N) is 1. The summed E-state index contributed by atoms with van der Waals surface area (Å²) in [6, 6.07) is 10.0. The molecule has 5 nitrogen and oxygen atoms in total. The van der Waals surface area contributed by atoms with E-state index in [4.69, 9.17) is 4.74 Å². The molecule has 0 amide bonds. The highest BCUT2D eigenvalue weighted by Crippen LogP contribution is 2.42. The molecule has 1 aliphatic carbocycles. The number of thioether (sulfide) groups is 1. The molecule has 1 fully saturated rings. The van der Waals surface area contributed by atoms with Crippen LogP contribution in [0.15, 0.2) is 77.5 Å². The molecule has 32 heavy (non-hydrogen) atoms. The van der Waals surface area contributed by atoms with Crippen LogP contribution in [0.4, 0.5) is 0 Å². The Balaban J connectivity index is 1.49. The number of carbonyl (C=O) groups is 2. The minimum atomic E-state index is -0.494. The maximum absolute atomic E-state index is 12.7. The largest absolute Gasteiger partial charge is 0.483 e. The second-order valence-electron chi connectivity index (χ2n) is 8.68. The van der Waals surface area contributed by atoms with Gasteiger partial charge < -0.3 is 9.84 Å². The van der Waals surface area contributed by atoms with Crippen molar-refractivity contribution in [3.63, 3.8) is 0 Å². The zero-order valence-corrected chi connectivity index (χ0v) is 19.0. The van der Waals surface area contributed by atoms with Gasteiger partial charge in [-0.25, -0.2) is 0 Å². The Bertz CT molecular complexity index is 981. The van der Waals surface area contributed by atoms with Gasteiger partial charge >= 0.3 is 0 Å². The van der Waals surface area contributed by atoms with Crippen LogP contribution in [-0.2, 0) is 20.7 Å². The molecule has 168 valence electrons. The number of benzene rings is 1. The van der Waals surface area contributed by atoms with E-state index in [1.165, 1.54) is 11.8 Å². The maximum Gasteiger partial charge on any atom is 0.238 e. The first-order valence-electron chi connectivity index (χ1n) is 11.1. The van der Waals surface area contributed by atoms with Crippen LogP contribution in [0.5, 0.6) is 0 Å². The first kappa shape index (κ1) is 22.8. The summed E-state index contributed by atoms with van der Waals surface area (Å²) in [6.07, 6.45) is 9.12. The van der Waals surface area contributed by atoms with E-state index in [0.717, 1.165) is 24.9 Å². The molecule has 1 aromatic rings. The smallest absolute Gasteiger partial charge is 0.238 e. The first-order chi connectivity index (χ1) is 15.5. The highest BCUT2D eigenvalue weighted by atomic mass is 32.2. The Morgan fingerprint density at radius 3 is 2.84 bits per heavy atom. The molecule has 6 heteroatoms. The van der Waals surface area contributed by atoms with Gasteiger partial charge in [-0.2, -0.15) is 0 Å². The van der Waals surface area contributed by atoms with Crippen molar-refractivity contribution in [2.45, 2.75) is 37.4 Å². The molecule has 1 unspecified atom stereocenters. The van der Waals surface area contributed by atoms with Crippen molar-refractivity contribution < 1.29 is 19.4 Å². The van der Waals surface area contributed by atoms with Crippen molar-refractivity contribution in [1.82, 2.24) is 4.90 Å². The third kappa shape index (κ3) is 5.31. The molecular weight excluding hydrogens is 422 g/mol. The lowest BCUT2D eigenvalue weighted by atomic mass is 9.93. The van der Waals surface area contributed by atoms with Crippen molar-refractivity contribution in [2.24, 2.45) is 0 Å². The normalized spacial score (nSPS) is 27.6. The molecule has 3 aliphatic rings. The summed E-state index contributed by atoms with van der Waals surface area (Å²) in [5.74, 6) is 0.103. The summed E-state index contributed by atoms with van der Waals surface area (Å²) in [5, 5.41) is 10.7. The van der Waals surface area contributed by atoms with Crippen LogP contribution in [0.3, 0.4) is 0 Å². The molecule has 0 radical (unpaired) electrons. The zero-order valence-electron chi connectivity index (χ0n) is 18.2. The third-order valence-electron chi connectivity index (χ3n) is 6.00. The SMILES string of the molecule is C=C1/C=C\C=C/CC(=O)C(=O)C2=C1OC1(CCCN(C[C@@H](O)Cc3ccccc3)C1)CS2. The molecule has 2 aliphatic heterocycles. The summed E-state index contributed by atoms with van der Waals surface area (Å²) in [4.78, 5) is 27.7. The number of carbonyl (C=O) groups excluding carboxylic acids is 2. The quantitative estimate of drug-likeness (QED) is 0.706. The second-order valence-corrected chi connectivity index (χ2v) is 9.67. The molecular formula is C26H29NO4S. The summed E-state index contributed by atoms with van der Waals surface area (Å²) in [5.41, 5.74) is 1.25. The predicted octanol–water partition coefficient (Wildman–Crippen LogP) is 3.61. The Hall–Kier alpha value is -2.41. The fourth-order valence-electron chi connectivity index (χ4n) is 4.46. The molecule has 0 aromatic heterocycles. The number of rotatable bonds is 4. The lowest BCUT2D eigenvalue weighted by molar-refractivity contribution is -0.133. The van der Waals surface area contributed by atoms with Crippen LogP contribution in [0, 0.1) is 0 Å². The standard InChI is InChI=1S/C26H29NO4S/c1-19-9-4-2-7-12-22(29)23(30)25-24(19)31-26(18-32-25)13-8-14-27(17-26)16-21(28)15-20-10-5-3-6-11-20/h2-7,9-11,21,28H,1,8,12-18H2/b7-2-,9-4-/t21-,26?/m0/s1. The molecule has 1 saturated heterocycles. The van der Waals surface area contributed by atoms with Crippen LogP contribution < -0.4 is 0 Å². The number of hydrogen-bond donors (Lipinski definition) is 1. The number of hydrogen-bond acceptors (Lipinski definition) is 6. The van der Waals surface area contributed by atoms with Gasteiger partial charge in [0.25, 0.3) is 0 Å². The fraction of sp³-hybridized carbons (Fsp3) is 0.385. The van der Waals surface area contributed by atoms with Crippen molar-refractivity contribution in [3.8, 4) is 0 Å². The van der Waals surface area contributed by atoms with Gasteiger partial charge in [0.05, 0.1) is 6.10 Å². The molecule has 1 aromatic carbocycles. The summed E-state index contributed by atoms with van der Waals surface area (Å²) < 4.78 is 6.50. The molecule has 1 N–H and O–H groups in total. The van der Waals surface area contributed by atoms with Crippen LogP contribution in [0.1, 0.15) is 24.8 Å². The Kier molecular flexibility index (Phi) is 7.13. The van der Waals surface area contributed by atoms with E-state index < -0.39 is 23.3 Å². The monoisotopic (exact) mass is 451 g/mol. The number of allylic oxidation sites excluding steroid dienone is 5. The van der Waals surface area contributed by atoms with Gasteiger partial charge in [0.2, 0.25) is 11.6 Å². The second kappa shape index (κ2) is 10.0. The van der Waals surface area contributed by atoms with Crippen molar-refractivity contribution in [2.75, 3.05) is 25.4 Å². The summed E-state index contributed by atoms with van der Waals surface area (Å²) in [6.45, 7) is 6.23. The predicted molar refractivity (Wildman–Crippen MR) is 127 cm³/mol. The number of ether oxygens (including phenoxy) is 1. The van der Waals surface area contributed by atoms with Crippen LogP contribution in [0.2, 0.25) is 0 Å². The maximum atomic E-state index is 12.7. The van der Waals surface area contributed by atoms with Gasteiger partial charge in [0.15, 0.2) is 0 Å². The van der Waals surface area contributed by atoms with Crippen LogP contribution in [0.25, 0.3) is 0 Å². The Morgan fingerprint density at radius 2 is 2.03 bits per heavy atom. The topological polar surface area (TPSA) is 66.8 Å². The molecule has 0 bridgehead atoms. The number of piperidine rings is 1. The average Bonchev–Trinajstić information content (AvgIpc) is 2.78. The summed E-state index contributed by atoms with van der Waals surface area (Å²) >= 11 is 1.41. The minimum Gasteiger partial charge on any atom is -0.483 e. The van der Waals surface area contributed by atoms with Gasteiger partial charge in [-0.1, -0.05) is 61.2 Å². The number of ketones is 2. The van der Waals surface area contributed by atoms with Gasteiger partial charge in [-0.05, 0) is 31.4 Å². The number of aliphatic hydroxyl groups excluding tert-OH is 1. The van der Waals surface area contributed by atoms with Gasteiger partial charge in [0, 0.05) is 30.8 Å². The lowest BCUT2D eigenvalue weighted by Gasteiger charge is -2.46. The van der Waals surface area contributed by atoms with E-state index in [2.05, 4.69) is 11.5 Å². The Labute approximate surface area is 193 Å². The average molecular weight is 452 g/mol. The zero-order chi connectivity index (χ0) is 22.6. The van der Waals surface area contributed by atoms with Crippen molar-refractivity contribution in [1.29, 1.82) is 0 Å². The molecule has 1 spiro atoms. The van der Waals surface area contributed by atoms with Gasteiger partial charge in [-0.3, -0.25) is 14.5 Å². The highest BCUT2D eigenvalue weighted by Gasteiger charge is 2.44. The Morgan fingerprint density at radius 1 is 1.22 bits per heavy atom. The van der Waals surface area contributed by atoms with E-state index in [-0.39, 0.29) is 6.42 Å². The van der Waals surface area contributed by atoms with E-state index >= 15 is 0 Å². The van der Waals surface area contributed by atoms with Crippen LogP contribution in [-0.4, -0.2) is 58.7 Å². The van der Waals surface area contributed by atoms with Crippen LogP contribution >= 0.6 is 11.8 Å². The number of Topliss-reactive ketones (excluding diaryl/α,β-unsaturated/α-hetero) is 2. The van der Waals surface area contributed by atoms with Crippen molar-refractivity contribution in [3.05, 3.63) is 83.0 Å². The number of aliphatic hydroxyl groups is 1. The van der Waals surface area contributed by atoms with E-state index in [0.29, 0.717) is 41.5 Å². The minimum absolute atomic E-state index is 0.0885. The first-order valence-corrected chi connectivity index (χ1v) is 12.0. The van der Waals surface area contributed by atoms with Crippen molar-refractivity contribution >= 4 is 23.3 Å². The van der Waals surface area contributed by atoms with E-state index in [1.807, 2.05) is 42.5 Å². The number of β-amino-alcohol motifs (C(OH)–C–C–N with tert-alkyl or cyclic N) is 1. The van der Waals surface area contributed by atoms with E-state index in [9.17, 15) is 14.7 Å². The lowest BCUT2D eigenvalue weighted by Crippen LogP contribution is -2.54.